The third kappa shape index (κ3) is 78.5. The summed E-state index contributed by atoms with van der Waals surface area (Å²) < 4.78 is 68.9. The molecular weight excluding hydrogens is 1370 g/mol. The van der Waals surface area contributed by atoms with Crippen molar-refractivity contribution in [1.29, 1.82) is 0 Å². The van der Waals surface area contributed by atoms with Crippen molar-refractivity contribution < 1.29 is 80.2 Å². The largest absolute Gasteiger partial charge is 0.472 e. The first-order valence-corrected chi connectivity index (χ1v) is 47.4. The first-order valence-electron chi connectivity index (χ1n) is 44.4. The van der Waals surface area contributed by atoms with E-state index in [4.69, 9.17) is 37.0 Å². The molecule has 19 heteroatoms. The Bertz CT molecular complexity index is 2030. The monoisotopic (exact) mass is 1540 g/mol. The fraction of sp³-hybridized carbons (Fsp3) is 0.953. The van der Waals surface area contributed by atoms with Gasteiger partial charge in [-0.2, -0.15) is 0 Å². The molecule has 3 unspecified atom stereocenters. The molecule has 0 aliphatic heterocycles. The van der Waals surface area contributed by atoms with Gasteiger partial charge in [-0.25, -0.2) is 9.13 Å². The maximum absolute atomic E-state index is 13.2. The molecule has 0 saturated carbocycles. The third-order valence-corrected chi connectivity index (χ3v) is 22.4. The van der Waals surface area contributed by atoms with E-state index in [0.717, 1.165) is 108 Å². The van der Waals surface area contributed by atoms with Gasteiger partial charge in [0.1, 0.15) is 19.3 Å². The third-order valence-electron chi connectivity index (χ3n) is 20.5. The lowest BCUT2D eigenvalue weighted by molar-refractivity contribution is -0.161. The summed E-state index contributed by atoms with van der Waals surface area (Å²) in [7, 11) is -9.93. The first kappa shape index (κ1) is 103. The summed E-state index contributed by atoms with van der Waals surface area (Å²) in [6.07, 6.45) is 66.5. The molecule has 0 aromatic heterocycles. The van der Waals surface area contributed by atoms with E-state index in [0.29, 0.717) is 25.7 Å². The van der Waals surface area contributed by atoms with Gasteiger partial charge in [0.05, 0.1) is 26.4 Å². The van der Waals surface area contributed by atoms with Crippen LogP contribution in [0.5, 0.6) is 0 Å². The predicted molar refractivity (Wildman–Crippen MR) is 432 cm³/mol. The molecule has 0 radical (unpaired) electrons. The summed E-state index contributed by atoms with van der Waals surface area (Å²) in [4.78, 5) is 73.3. The Morgan fingerprint density at radius 3 is 0.724 bits per heavy atom. The van der Waals surface area contributed by atoms with Crippen molar-refractivity contribution in [2.75, 3.05) is 39.6 Å². The molecule has 0 fully saturated rings. The Labute approximate surface area is 645 Å². The van der Waals surface area contributed by atoms with Gasteiger partial charge in [0.2, 0.25) is 0 Å². The molecule has 17 nitrogen and oxygen atoms in total. The molecule has 6 atom stereocenters. The van der Waals surface area contributed by atoms with E-state index in [2.05, 4.69) is 48.5 Å². The van der Waals surface area contributed by atoms with E-state index in [1.165, 1.54) is 263 Å². The highest BCUT2D eigenvalue weighted by Gasteiger charge is 2.30. The van der Waals surface area contributed by atoms with Gasteiger partial charge < -0.3 is 33.8 Å². The van der Waals surface area contributed by atoms with Crippen molar-refractivity contribution >= 4 is 39.5 Å². The van der Waals surface area contributed by atoms with Crippen LogP contribution < -0.4 is 0 Å². The molecule has 3 N–H and O–H groups in total. The number of hydrogen-bond acceptors (Lipinski definition) is 15. The Morgan fingerprint density at radius 1 is 0.276 bits per heavy atom. The van der Waals surface area contributed by atoms with Gasteiger partial charge in [-0.05, 0) is 43.4 Å². The summed E-state index contributed by atoms with van der Waals surface area (Å²) >= 11 is 0. The quantitative estimate of drug-likeness (QED) is 0.0222. The number of unbranched alkanes of at least 4 members (excludes halogenated alkanes) is 51. The number of aliphatic hydroxyl groups excluding tert-OH is 1. The van der Waals surface area contributed by atoms with Gasteiger partial charge in [0.15, 0.2) is 12.2 Å². The molecule has 0 spiro atoms. The lowest BCUT2D eigenvalue weighted by Crippen LogP contribution is -2.30. The summed E-state index contributed by atoms with van der Waals surface area (Å²) in [5, 5.41) is 10.7. The zero-order valence-corrected chi connectivity index (χ0v) is 71.0. The van der Waals surface area contributed by atoms with E-state index in [1.807, 2.05) is 0 Å². The van der Waals surface area contributed by atoms with Crippen LogP contribution in [0.1, 0.15) is 453 Å². The minimum absolute atomic E-state index is 0.106. The first-order chi connectivity index (χ1) is 50.8. The molecule has 624 valence electrons. The Hall–Kier alpha value is -1.94. The standard InChI is InChI=1S/C86H168O17P2/c1-8-10-11-12-13-14-15-16-17-20-24-27-30-39-46-53-60-67-83(88)96-73-81(102-85(90)69-62-55-48-41-31-28-25-22-19-18-21-23-26-29-36-43-50-57-64-77(3)4)75-100-104(92,93)98-71-80(87)72-99-105(94,95)101-76-82(74-97-84(89)68-61-54-47-40-34-32-37-44-51-58-65-78(5)6)103-86(91)70-63-56-49-42-35-33-38-45-52-59-66-79(7)9-2/h77-82,87H,8-76H2,1-7H3,(H,92,93)(H,94,95)/t79?,80-,81-,82-/m1/s1. The number of rotatable bonds is 84. The fourth-order valence-corrected chi connectivity index (χ4v) is 14.9. The molecule has 0 saturated heterocycles. The molecule has 0 bridgehead atoms. The predicted octanol–water partition coefficient (Wildman–Crippen LogP) is 26.1. The van der Waals surface area contributed by atoms with E-state index < -0.39 is 97.5 Å². The van der Waals surface area contributed by atoms with E-state index in [-0.39, 0.29) is 25.7 Å². The van der Waals surface area contributed by atoms with Crippen LogP contribution in [0.2, 0.25) is 0 Å². The molecule has 0 aromatic carbocycles. The normalized spacial score (nSPS) is 14.1. The van der Waals surface area contributed by atoms with Crippen molar-refractivity contribution in [2.45, 2.75) is 471 Å². The van der Waals surface area contributed by atoms with Crippen molar-refractivity contribution in [2.24, 2.45) is 17.8 Å². The second-order valence-corrected chi connectivity index (χ2v) is 35.0. The van der Waals surface area contributed by atoms with Crippen LogP contribution in [-0.2, 0) is 65.4 Å². The van der Waals surface area contributed by atoms with Crippen LogP contribution >= 0.6 is 15.6 Å². The fourth-order valence-electron chi connectivity index (χ4n) is 13.3. The SMILES string of the molecule is CCCCCCCCCCCCCCCCCCCC(=O)OC[C@H](COP(=O)(O)OC[C@@H](O)COP(=O)(O)OC[C@@H](COC(=O)CCCCCCCCCCCCC(C)C)OC(=O)CCCCCCCCCCCCC(C)CC)OC(=O)CCCCCCCCCCCCCCCCCCCCC(C)C. The summed E-state index contributed by atoms with van der Waals surface area (Å²) in [5.41, 5.74) is 0. The van der Waals surface area contributed by atoms with Crippen LogP contribution in [0, 0.1) is 17.8 Å². The Balaban J connectivity index is 5.26. The van der Waals surface area contributed by atoms with Gasteiger partial charge in [-0.15, -0.1) is 0 Å². The topological polar surface area (TPSA) is 237 Å². The molecule has 0 aromatic rings. The minimum Gasteiger partial charge on any atom is -0.462 e. The molecule has 0 amide bonds. The molecule has 0 rings (SSSR count). The molecule has 0 aliphatic carbocycles. The highest BCUT2D eigenvalue weighted by atomic mass is 31.2. The van der Waals surface area contributed by atoms with Crippen LogP contribution in [0.15, 0.2) is 0 Å². The smallest absolute Gasteiger partial charge is 0.462 e. The number of hydrogen-bond donors (Lipinski definition) is 3. The van der Waals surface area contributed by atoms with Gasteiger partial charge in [0.25, 0.3) is 0 Å². The number of aliphatic hydroxyl groups is 1. The van der Waals surface area contributed by atoms with Crippen LogP contribution in [0.3, 0.4) is 0 Å². The lowest BCUT2D eigenvalue weighted by atomic mass is 9.99. The number of ether oxygens (including phenoxy) is 4. The molecular formula is C86H168O17P2. The highest BCUT2D eigenvalue weighted by Crippen LogP contribution is 2.45. The van der Waals surface area contributed by atoms with Crippen LogP contribution in [-0.4, -0.2) is 96.7 Å². The maximum atomic E-state index is 13.2. The number of esters is 4. The second kappa shape index (κ2) is 76.1. The van der Waals surface area contributed by atoms with E-state index >= 15 is 0 Å². The second-order valence-electron chi connectivity index (χ2n) is 32.1. The van der Waals surface area contributed by atoms with E-state index in [1.54, 1.807) is 0 Å². The van der Waals surface area contributed by atoms with Gasteiger partial charge in [0, 0.05) is 25.7 Å². The molecule has 105 heavy (non-hydrogen) atoms. The maximum Gasteiger partial charge on any atom is 0.472 e. The van der Waals surface area contributed by atoms with Gasteiger partial charge >= 0.3 is 39.5 Å². The number of phosphoric ester groups is 2. The Kier molecular flexibility index (Phi) is 74.7. The van der Waals surface area contributed by atoms with Crippen molar-refractivity contribution in [1.82, 2.24) is 0 Å². The van der Waals surface area contributed by atoms with Crippen molar-refractivity contribution in [3.05, 3.63) is 0 Å². The average molecular weight is 1540 g/mol. The van der Waals surface area contributed by atoms with E-state index in [9.17, 15) is 43.2 Å². The van der Waals surface area contributed by atoms with Crippen LogP contribution in [0.4, 0.5) is 0 Å². The van der Waals surface area contributed by atoms with Gasteiger partial charge in [-0.1, -0.05) is 402 Å². The lowest BCUT2D eigenvalue weighted by Gasteiger charge is -2.21. The van der Waals surface area contributed by atoms with Gasteiger partial charge in [-0.3, -0.25) is 37.3 Å². The molecule has 0 heterocycles. The average Bonchev–Trinajstić information content (AvgIpc) is 0.917. The highest BCUT2D eigenvalue weighted by molar-refractivity contribution is 7.47. The summed E-state index contributed by atoms with van der Waals surface area (Å²) in [6.45, 7) is 12.0. The summed E-state index contributed by atoms with van der Waals surface area (Å²) in [6, 6.07) is 0. The number of carbonyl (C=O) groups excluding carboxylic acids is 4. The van der Waals surface area contributed by atoms with Crippen molar-refractivity contribution in [3.63, 3.8) is 0 Å². The summed E-state index contributed by atoms with van der Waals surface area (Å²) in [5.74, 6) is 0.278. The minimum atomic E-state index is -4.97. The van der Waals surface area contributed by atoms with Crippen LogP contribution in [0.25, 0.3) is 0 Å². The van der Waals surface area contributed by atoms with Crippen molar-refractivity contribution in [3.8, 4) is 0 Å². The number of phosphoric acid groups is 2. The molecule has 0 aliphatic rings. The Morgan fingerprint density at radius 2 is 0.486 bits per heavy atom. The zero-order chi connectivity index (χ0) is 77.2. The number of carbonyl (C=O) groups is 4. The zero-order valence-electron chi connectivity index (χ0n) is 69.2.